The van der Waals surface area contributed by atoms with Crippen LogP contribution in [0.25, 0.3) is 0 Å². The van der Waals surface area contributed by atoms with Crippen molar-refractivity contribution in [2.45, 2.75) is 37.1 Å². The molecule has 5 nitrogen and oxygen atoms in total. The second-order valence-corrected chi connectivity index (χ2v) is 7.27. The van der Waals surface area contributed by atoms with Crippen molar-refractivity contribution in [3.8, 4) is 0 Å². The van der Waals surface area contributed by atoms with Crippen molar-refractivity contribution < 1.29 is 8.42 Å². The molecular weight excluding hydrogens is 274 g/mol. The van der Waals surface area contributed by atoms with E-state index in [1.54, 1.807) is 18.2 Å². The van der Waals surface area contributed by atoms with Crippen LogP contribution < -0.4 is 10.5 Å². The molecule has 2 rings (SSSR count). The highest BCUT2D eigenvalue weighted by molar-refractivity contribution is 7.89. The Labute approximate surface area is 121 Å². The summed E-state index contributed by atoms with van der Waals surface area (Å²) >= 11 is 0. The summed E-state index contributed by atoms with van der Waals surface area (Å²) in [7, 11) is -1.41. The number of hydrogen-bond donors (Lipinski definition) is 2. The molecule has 6 heteroatoms. The number of hydrogen-bond acceptors (Lipinski definition) is 4. The number of nitrogen functional groups attached to an aromatic ring is 1. The molecule has 1 fully saturated rings. The molecule has 0 aliphatic carbocycles. The van der Waals surface area contributed by atoms with Crippen molar-refractivity contribution in [2.24, 2.45) is 0 Å². The molecule has 0 bridgehead atoms. The molecule has 1 saturated heterocycles. The van der Waals surface area contributed by atoms with Crippen molar-refractivity contribution in [2.75, 3.05) is 25.9 Å². The lowest BCUT2D eigenvalue weighted by Gasteiger charge is -2.32. The summed E-state index contributed by atoms with van der Waals surface area (Å²) in [6, 6.07) is 5.09. The van der Waals surface area contributed by atoms with Crippen molar-refractivity contribution in [3.63, 3.8) is 0 Å². The Balaban J connectivity index is 2.05. The second kappa shape index (κ2) is 6.11. The number of nitrogens with one attached hydrogen (secondary N) is 1. The minimum absolute atomic E-state index is 0.280. The number of rotatable bonds is 4. The van der Waals surface area contributed by atoms with Gasteiger partial charge in [0.15, 0.2) is 0 Å². The van der Waals surface area contributed by atoms with Crippen LogP contribution in [0.2, 0.25) is 0 Å². The summed E-state index contributed by atoms with van der Waals surface area (Å²) in [5.74, 6) is 0. The zero-order valence-corrected chi connectivity index (χ0v) is 12.9. The van der Waals surface area contributed by atoms with Gasteiger partial charge in [-0.1, -0.05) is 6.42 Å². The van der Waals surface area contributed by atoms with E-state index in [1.165, 1.54) is 6.42 Å². The van der Waals surface area contributed by atoms with E-state index in [4.69, 9.17) is 5.73 Å². The zero-order chi connectivity index (χ0) is 14.8. The normalized spacial score (nSPS) is 21.0. The number of benzene rings is 1. The standard InChI is InChI=1S/C14H23N3O2S/c1-11-9-13(6-7-14(11)15)20(18,19)16-10-12-5-3-4-8-17(12)2/h6-7,9,12,16H,3-5,8,10,15H2,1-2H3. The number of nitrogens with zero attached hydrogens (tertiary/aromatic N) is 1. The van der Waals surface area contributed by atoms with Crippen LogP contribution in [0.3, 0.4) is 0 Å². The van der Waals surface area contributed by atoms with E-state index in [1.807, 2.05) is 14.0 Å². The number of sulfonamides is 1. The van der Waals surface area contributed by atoms with E-state index < -0.39 is 10.0 Å². The van der Waals surface area contributed by atoms with Crippen molar-refractivity contribution >= 4 is 15.7 Å². The first-order chi connectivity index (χ1) is 9.40. The fourth-order valence-electron chi connectivity index (χ4n) is 2.51. The molecule has 0 aromatic heterocycles. The van der Waals surface area contributed by atoms with Gasteiger partial charge in [0, 0.05) is 18.3 Å². The molecule has 1 aliphatic rings. The first kappa shape index (κ1) is 15.3. The van der Waals surface area contributed by atoms with Gasteiger partial charge < -0.3 is 10.6 Å². The Hall–Kier alpha value is -1.11. The molecular formula is C14H23N3O2S. The first-order valence-corrected chi connectivity index (χ1v) is 8.44. The molecule has 3 N–H and O–H groups in total. The summed E-state index contributed by atoms with van der Waals surface area (Å²) < 4.78 is 27.3. The van der Waals surface area contributed by atoms with Gasteiger partial charge in [0.1, 0.15) is 0 Å². The number of nitrogens with two attached hydrogens (primary N) is 1. The molecule has 1 atom stereocenters. The molecule has 0 spiro atoms. The monoisotopic (exact) mass is 297 g/mol. The average Bonchev–Trinajstić information content (AvgIpc) is 2.41. The third-order valence-electron chi connectivity index (χ3n) is 3.98. The topological polar surface area (TPSA) is 75.4 Å². The number of anilines is 1. The maximum atomic E-state index is 12.3. The van der Waals surface area contributed by atoms with Crippen LogP contribution in [-0.4, -0.2) is 39.5 Å². The molecule has 1 unspecified atom stereocenters. The van der Waals surface area contributed by atoms with Gasteiger partial charge in [-0.05, 0) is 57.1 Å². The smallest absolute Gasteiger partial charge is 0.240 e. The van der Waals surface area contributed by atoms with E-state index >= 15 is 0 Å². The number of likely N-dealkylation sites (tertiary alicyclic amines) is 1. The third-order valence-corrected chi connectivity index (χ3v) is 5.40. The zero-order valence-electron chi connectivity index (χ0n) is 12.1. The maximum absolute atomic E-state index is 12.3. The van der Waals surface area contributed by atoms with Gasteiger partial charge in [-0.2, -0.15) is 0 Å². The van der Waals surface area contributed by atoms with Crippen LogP contribution in [0.4, 0.5) is 5.69 Å². The van der Waals surface area contributed by atoms with E-state index in [0.29, 0.717) is 12.2 Å². The average molecular weight is 297 g/mol. The quantitative estimate of drug-likeness (QED) is 0.822. The lowest BCUT2D eigenvalue weighted by Crippen LogP contribution is -2.44. The Kier molecular flexibility index (Phi) is 4.67. The van der Waals surface area contributed by atoms with E-state index in [0.717, 1.165) is 24.9 Å². The minimum atomic E-state index is -3.45. The van der Waals surface area contributed by atoms with Gasteiger partial charge in [0.05, 0.1) is 4.90 Å². The van der Waals surface area contributed by atoms with Crippen LogP contribution >= 0.6 is 0 Å². The van der Waals surface area contributed by atoms with Crippen LogP contribution in [0, 0.1) is 6.92 Å². The lowest BCUT2D eigenvalue weighted by molar-refractivity contribution is 0.187. The Bertz CT molecular complexity index is 572. The van der Waals surface area contributed by atoms with E-state index in [9.17, 15) is 8.42 Å². The van der Waals surface area contributed by atoms with Gasteiger partial charge in [-0.25, -0.2) is 13.1 Å². The van der Waals surface area contributed by atoms with Crippen LogP contribution in [-0.2, 0) is 10.0 Å². The molecule has 1 aromatic carbocycles. The summed E-state index contributed by atoms with van der Waals surface area (Å²) in [6.45, 7) is 3.30. The molecule has 0 saturated carbocycles. The van der Waals surface area contributed by atoms with Crippen molar-refractivity contribution in [1.29, 1.82) is 0 Å². The van der Waals surface area contributed by atoms with Crippen LogP contribution in [0.5, 0.6) is 0 Å². The predicted octanol–water partition coefficient (Wildman–Crippen LogP) is 1.34. The third kappa shape index (κ3) is 3.50. The Morgan fingerprint density at radius 3 is 2.80 bits per heavy atom. The van der Waals surface area contributed by atoms with Gasteiger partial charge in [-0.3, -0.25) is 0 Å². The van der Waals surface area contributed by atoms with Crippen LogP contribution in [0.15, 0.2) is 23.1 Å². The summed E-state index contributed by atoms with van der Waals surface area (Å²) in [5.41, 5.74) is 7.11. The summed E-state index contributed by atoms with van der Waals surface area (Å²) in [6.07, 6.45) is 3.40. The Morgan fingerprint density at radius 1 is 1.40 bits per heavy atom. The first-order valence-electron chi connectivity index (χ1n) is 6.96. The highest BCUT2D eigenvalue weighted by Crippen LogP contribution is 2.18. The van der Waals surface area contributed by atoms with Gasteiger partial charge >= 0.3 is 0 Å². The SMILES string of the molecule is Cc1cc(S(=O)(=O)NCC2CCCCN2C)ccc1N. The number of likely N-dealkylation sites (N-methyl/N-ethyl adjacent to an activating group) is 1. The van der Waals surface area contributed by atoms with Crippen LogP contribution in [0.1, 0.15) is 24.8 Å². The maximum Gasteiger partial charge on any atom is 0.240 e. The molecule has 20 heavy (non-hydrogen) atoms. The van der Waals surface area contributed by atoms with Gasteiger partial charge in [0.25, 0.3) is 0 Å². The second-order valence-electron chi connectivity index (χ2n) is 5.50. The minimum Gasteiger partial charge on any atom is -0.399 e. The molecule has 1 heterocycles. The molecule has 112 valence electrons. The predicted molar refractivity (Wildman–Crippen MR) is 81.0 cm³/mol. The summed E-state index contributed by atoms with van der Waals surface area (Å²) in [4.78, 5) is 2.50. The highest BCUT2D eigenvalue weighted by atomic mass is 32.2. The largest absolute Gasteiger partial charge is 0.399 e. The highest BCUT2D eigenvalue weighted by Gasteiger charge is 2.22. The molecule has 0 radical (unpaired) electrons. The van der Waals surface area contributed by atoms with Gasteiger partial charge in [0.2, 0.25) is 10.0 Å². The van der Waals surface area contributed by atoms with E-state index in [-0.39, 0.29) is 10.9 Å². The fourth-order valence-corrected chi connectivity index (χ4v) is 3.66. The summed E-state index contributed by atoms with van der Waals surface area (Å²) in [5, 5.41) is 0. The van der Waals surface area contributed by atoms with Crippen molar-refractivity contribution in [3.05, 3.63) is 23.8 Å². The molecule has 1 aliphatic heterocycles. The van der Waals surface area contributed by atoms with Gasteiger partial charge in [-0.15, -0.1) is 0 Å². The van der Waals surface area contributed by atoms with Crippen molar-refractivity contribution in [1.82, 2.24) is 9.62 Å². The lowest BCUT2D eigenvalue weighted by atomic mass is 10.0. The van der Waals surface area contributed by atoms with E-state index in [2.05, 4.69) is 9.62 Å². The molecule has 1 aromatic rings. The number of aryl methyl sites for hydroxylation is 1. The number of piperidine rings is 1. The fraction of sp³-hybridized carbons (Fsp3) is 0.571. The Morgan fingerprint density at radius 2 is 2.15 bits per heavy atom. The molecule has 0 amide bonds.